The molecule has 0 radical (unpaired) electrons. The number of aliphatic hydroxyl groups is 2. The second-order valence-corrected chi connectivity index (χ2v) is 4.88. The molecule has 0 amide bonds. The molecule has 0 aromatic carbocycles. The second-order valence-electron chi connectivity index (χ2n) is 3.76. The molecule has 1 saturated carbocycles. The summed E-state index contributed by atoms with van der Waals surface area (Å²) in [5.74, 6) is 0.329. The van der Waals surface area contributed by atoms with Gasteiger partial charge in [0, 0.05) is 4.88 Å². The van der Waals surface area contributed by atoms with Crippen molar-refractivity contribution >= 4 is 11.3 Å². The summed E-state index contributed by atoms with van der Waals surface area (Å²) in [7, 11) is 0. The van der Waals surface area contributed by atoms with E-state index in [2.05, 4.69) is 0 Å². The van der Waals surface area contributed by atoms with E-state index in [4.69, 9.17) is 0 Å². The van der Waals surface area contributed by atoms with E-state index >= 15 is 0 Å². The van der Waals surface area contributed by atoms with Gasteiger partial charge in [-0.1, -0.05) is 0 Å². The first-order valence-corrected chi connectivity index (χ1v) is 5.47. The molecule has 13 heavy (non-hydrogen) atoms. The van der Waals surface area contributed by atoms with Crippen molar-refractivity contribution < 1.29 is 10.2 Å². The van der Waals surface area contributed by atoms with Gasteiger partial charge in [-0.05, 0) is 42.7 Å². The van der Waals surface area contributed by atoms with Crippen molar-refractivity contribution in [1.82, 2.24) is 0 Å². The lowest BCUT2D eigenvalue weighted by molar-refractivity contribution is 0.00507. The van der Waals surface area contributed by atoms with E-state index in [1.165, 1.54) is 4.88 Å². The van der Waals surface area contributed by atoms with Crippen LogP contribution in [0.1, 0.15) is 29.4 Å². The second kappa shape index (κ2) is 3.40. The van der Waals surface area contributed by atoms with Gasteiger partial charge in [-0.25, -0.2) is 0 Å². The molecule has 1 aliphatic carbocycles. The van der Waals surface area contributed by atoms with Gasteiger partial charge in [-0.3, -0.25) is 0 Å². The monoisotopic (exact) mass is 198 g/mol. The molecule has 2 unspecified atom stereocenters. The summed E-state index contributed by atoms with van der Waals surface area (Å²) >= 11 is 1.61. The zero-order chi connectivity index (χ0) is 9.42. The van der Waals surface area contributed by atoms with Gasteiger partial charge in [-0.2, -0.15) is 0 Å². The molecule has 2 N–H and O–H groups in total. The molecule has 0 spiro atoms. The molecule has 0 aliphatic heterocycles. The Labute approximate surface area is 81.8 Å². The first-order valence-electron chi connectivity index (χ1n) is 4.59. The first-order chi connectivity index (χ1) is 6.18. The third kappa shape index (κ3) is 1.93. The van der Waals surface area contributed by atoms with Crippen molar-refractivity contribution in [1.29, 1.82) is 0 Å². The highest BCUT2D eigenvalue weighted by atomic mass is 32.1. The molecule has 1 heterocycles. The van der Waals surface area contributed by atoms with Crippen LogP contribution in [-0.4, -0.2) is 16.3 Å². The Morgan fingerprint density at radius 1 is 1.46 bits per heavy atom. The molecule has 1 fully saturated rings. The molecule has 3 heteroatoms. The van der Waals surface area contributed by atoms with Crippen LogP contribution in [0.3, 0.4) is 0 Å². The fourth-order valence-corrected chi connectivity index (χ4v) is 2.25. The molecule has 1 aromatic rings. The standard InChI is InChI=1S/C10H14O2S/c1-6-4-8(5-13-6)10(12)9(11)7-2-3-7/h4-5,7,9-12H,2-3H2,1H3. The number of aryl methyl sites for hydroxylation is 1. The van der Waals surface area contributed by atoms with Crippen LogP contribution in [0.5, 0.6) is 0 Å². The summed E-state index contributed by atoms with van der Waals surface area (Å²) in [4.78, 5) is 1.18. The molecule has 0 saturated heterocycles. The molecule has 1 aliphatic rings. The molecular weight excluding hydrogens is 184 g/mol. The lowest BCUT2D eigenvalue weighted by atomic mass is 10.0. The zero-order valence-corrected chi connectivity index (χ0v) is 8.42. The van der Waals surface area contributed by atoms with Crippen molar-refractivity contribution in [2.24, 2.45) is 5.92 Å². The summed E-state index contributed by atoms with van der Waals surface area (Å²) in [6.45, 7) is 2.00. The van der Waals surface area contributed by atoms with Crippen LogP contribution in [0.15, 0.2) is 11.4 Å². The van der Waals surface area contributed by atoms with Gasteiger partial charge in [0.2, 0.25) is 0 Å². The largest absolute Gasteiger partial charge is 0.390 e. The van der Waals surface area contributed by atoms with Crippen molar-refractivity contribution in [3.05, 3.63) is 21.9 Å². The maximum Gasteiger partial charge on any atom is 0.106 e. The van der Waals surface area contributed by atoms with Crippen LogP contribution >= 0.6 is 11.3 Å². The van der Waals surface area contributed by atoms with Crippen molar-refractivity contribution in [2.45, 2.75) is 32.0 Å². The average molecular weight is 198 g/mol. The predicted octanol–water partition coefficient (Wildman–Crippen LogP) is 1.86. The minimum absolute atomic E-state index is 0.329. The van der Waals surface area contributed by atoms with Crippen LogP contribution in [0, 0.1) is 12.8 Å². The van der Waals surface area contributed by atoms with E-state index in [0.717, 1.165) is 18.4 Å². The normalized spacial score (nSPS) is 21.5. The third-order valence-corrected chi connectivity index (χ3v) is 3.40. The molecule has 2 nitrogen and oxygen atoms in total. The van der Waals surface area contributed by atoms with E-state index in [9.17, 15) is 10.2 Å². The number of aliphatic hydroxyl groups excluding tert-OH is 2. The minimum atomic E-state index is -0.683. The number of rotatable bonds is 3. The van der Waals surface area contributed by atoms with E-state index in [0.29, 0.717) is 5.92 Å². The summed E-state index contributed by atoms with van der Waals surface area (Å²) in [6.07, 6.45) is 0.870. The van der Waals surface area contributed by atoms with Gasteiger partial charge in [0.05, 0.1) is 6.10 Å². The van der Waals surface area contributed by atoms with Crippen molar-refractivity contribution in [2.75, 3.05) is 0 Å². The van der Waals surface area contributed by atoms with Crippen LogP contribution in [0.2, 0.25) is 0 Å². The lowest BCUT2D eigenvalue weighted by Crippen LogP contribution is -2.19. The van der Waals surface area contributed by atoms with Crippen LogP contribution in [0.4, 0.5) is 0 Å². The Kier molecular flexibility index (Phi) is 2.41. The van der Waals surface area contributed by atoms with Gasteiger partial charge >= 0.3 is 0 Å². The lowest BCUT2D eigenvalue weighted by Gasteiger charge is -2.15. The van der Waals surface area contributed by atoms with E-state index in [1.54, 1.807) is 11.3 Å². The Bertz CT molecular complexity index is 291. The summed E-state index contributed by atoms with van der Waals surface area (Å²) in [5.41, 5.74) is 0.863. The van der Waals surface area contributed by atoms with Crippen LogP contribution in [-0.2, 0) is 0 Å². The predicted molar refractivity (Wildman–Crippen MR) is 52.7 cm³/mol. The summed E-state index contributed by atoms with van der Waals surface area (Å²) in [6, 6.07) is 1.95. The zero-order valence-electron chi connectivity index (χ0n) is 7.60. The van der Waals surface area contributed by atoms with E-state index in [1.807, 2.05) is 18.4 Å². The molecular formula is C10H14O2S. The fraction of sp³-hybridized carbons (Fsp3) is 0.600. The van der Waals surface area contributed by atoms with Gasteiger partial charge in [-0.15, -0.1) is 11.3 Å². The Hall–Kier alpha value is -0.380. The van der Waals surface area contributed by atoms with Crippen molar-refractivity contribution in [3.8, 4) is 0 Å². The molecule has 72 valence electrons. The SMILES string of the molecule is Cc1cc(C(O)C(O)C2CC2)cs1. The van der Waals surface area contributed by atoms with Gasteiger partial charge in [0.25, 0.3) is 0 Å². The first kappa shape index (κ1) is 9.19. The van der Waals surface area contributed by atoms with E-state index in [-0.39, 0.29) is 0 Å². The summed E-state index contributed by atoms with van der Waals surface area (Å²) < 4.78 is 0. The smallest absolute Gasteiger partial charge is 0.106 e. The average Bonchev–Trinajstić information content (AvgIpc) is 2.87. The van der Waals surface area contributed by atoms with Gasteiger partial charge in [0.1, 0.15) is 6.10 Å². The number of thiophene rings is 1. The highest BCUT2D eigenvalue weighted by Crippen LogP contribution is 2.38. The molecule has 2 atom stereocenters. The Morgan fingerprint density at radius 2 is 2.15 bits per heavy atom. The van der Waals surface area contributed by atoms with Crippen LogP contribution < -0.4 is 0 Å². The highest BCUT2D eigenvalue weighted by molar-refractivity contribution is 7.10. The maximum absolute atomic E-state index is 9.77. The van der Waals surface area contributed by atoms with Gasteiger partial charge < -0.3 is 10.2 Å². The molecule has 0 bridgehead atoms. The highest BCUT2D eigenvalue weighted by Gasteiger charge is 2.35. The molecule has 2 rings (SSSR count). The number of hydrogen-bond acceptors (Lipinski definition) is 3. The van der Waals surface area contributed by atoms with E-state index < -0.39 is 12.2 Å². The Morgan fingerprint density at radius 3 is 2.62 bits per heavy atom. The Balaban J connectivity index is 2.06. The number of hydrogen-bond donors (Lipinski definition) is 2. The van der Waals surface area contributed by atoms with Crippen LogP contribution in [0.25, 0.3) is 0 Å². The minimum Gasteiger partial charge on any atom is -0.390 e. The summed E-state index contributed by atoms with van der Waals surface area (Å²) in [5, 5.41) is 21.4. The van der Waals surface area contributed by atoms with Crippen molar-refractivity contribution in [3.63, 3.8) is 0 Å². The topological polar surface area (TPSA) is 40.5 Å². The third-order valence-electron chi connectivity index (χ3n) is 2.52. The quantitative estimate of drug-likeness (QED) is 0.778. The van der Waals surface area contributed by atoms with Gasteiger partial charge in [0.15, 0.2) is 0 Å². The fourth-order valence-electron chi connectivity index (χ4n) is 1.51. The molecule has 1 aromatic heterocycles. The maximum atomic E-state index is 9.77.